The second kappa shape index (κ2) is 6.38. The molecule has 1 aromatic carbocycles. The number of amides is 1. The zero-order valence-electron chi connectivity index (χ0n) is 11.2. The summed E-state index contributed by atoms with van der Waals surface area (Å²) in [6.07, 6.45) is -1.10. The minimum absolute atomic E-state index is 0.182. The third-order valence-electron chi connectivity index (χ3n) is 3.31. The number of methoxy groups -OCH3 is 1. The minimum Gasteiger partial charge on any atom is -0.467 e. The number of hydrogen-bond acceptors (Lipinski definition) is 4. The van der Waals surface area contributed by atoms with Gasteiger partial charge in [-0.1, -0.05) is 30.3 Å². The summed E-state index contributed by atoms with van der Waals surface area (Å²) in [7, 11) is 1.25. The Bertz CT molecular complexity index is 476. The van der Waals surface area contributed by atoms with E-state index in [9.17, 15) is 9.59 Å². The molecular weight excluding hydrogens is 262 g/mol. The summed E-state index contributed by atoms with van der Waals surface area (Å²) in [5.74, 6) is -0.543. The molecule has 6 nitrogen and oxygen atoms in total. The number of nitrogens with zero attached hydrogens (tertiary/aromatic N) is 1. The van der Waals surface area contributed by atoms with Gasteiger partial charge in [-0.15, -0.1) is 0 Å². The van der Waals surface area contributed by atoms with Gasteiger partial charge in [0.1, 0.15) is 6.04 Å². The van der Waals surface area contributed by atoms with Gasteiger partial charge in [-0.25, -0.2) is 9.59 Å². The number of hydrogen-bond donors (Lipinski definition) is 1. The van der Waals surface area contributed by atoms with Gasteiger partial charge in [0.2, 0.25) is 0 Å². The number of esters is 1. The molecule has 0 spiro atoms. The highest BCUT2D eigenvalue weighted by atomic mass is 16.5. The van der Waals surface area contributed by atoms with Crippen molar-refractivity contribution >= 4 is 12.1 Å². The topological polar surface area (TPSA) is 76.1 Å². The second-order valence-electron chi connectivity index (χ2n) is 4.63. The summed E-state index contributed by atoms with van der Waals surface area (Å²) in [5, 5.41) is 9.09. The molecule has 1 N–H and O–H groups in total. The quantitative estimate of drug-likeness (QED) is 0.845. The van der Waals surface area contributed by atoms with Crippen molar-refractivity contribution in [2.75, 3.05) is 13.7 Å². The van der Waals surface area contributed by atoms with E-state index < -0.39 is 18.1 Å². The molecule has 2 atom stereocenters. The van der Waals surface area contributed by atoms with E-state index in [4.69, 9.17) is 9.84 Å². The number of ether oxygens (including phenoxy) is 2. The van der Waals surface area contributed by atoms with Crippen LogP contribution in [0.5, 0.6) is 0 Å². The van der Waals surface area contributed by atoms with Crippen LogP contribution in [-0.2, 0) is 20.9 Å². The van der Waals surface area contributed by atoms with E-state index in [0.29, 0.717) is 13.0 Å². The third-order valence-corrected chi connectivity index (χ3v) is 3.31. The Morgan fingerprint density at radius 2 is 2.05 bits per heavy atom. The van der Waals surface area contributed by atoms with Gasteiger partial charge in [0, 0.05) is 6.42 Å². The van der Waals surface area contributed by atoms with Crippen molar-refractivity contribution in [3.8, 4) is 0 Å². The monoisotopic (exact) mass is 279 g/mol. The molecule has 0 bridgehead atoms. The van der Waals surface area contributed by atoms with Gasteiger partial charge in [0.05, 0.1) is 26.4 Å². The fourth-order valence-electron chi connectivity index (χ4n) is 2.28. The van der Waals surface area contributed by atoms with Gasteiger partial charge >= 0.3 is 12.1 Å². The molecule has 0 aromatic heterocycles. The van der Waals surface area contributed by atoms with E-state index >= 15 is 0 Å². The van der Waals surface area contributed by atoms with Gasteiger partial charge in [0.25, 0.3) is 0 Å². The predicted molar refractivity (Wildman–Crippen MR) is 70.2 cm³/mol. The first-order chi connectivity index (χ1) is 9.61. The fourth-order valence-corrected chi connectivity index (χ4v) is 2.28. The van der Waals surface area contributed by atoms with Crippen LogP contribution < -0.4 is 0 Å². The Kier molecular flexibility index (Phi) is 4.57. The van der Waals surface area contributed by atoms with Gasteiger partial charge in [0.15, 0.2) is 0 Å². The molecule has 1 aliphatic rings. The molecular formula is C14H17NO5. The van der Waals surface area contributed by atoms with Crippen LogP contribution in [0.2, 0.25) is 0 Å². The lowest BCUT2D eigenvalue weighted by atomic mass is 10.2. The number of rotatable bonds is 4. The van der Waals surface area contributed by atoms with Gasteiger partial charge < -0.3 is 14.6 Å². The highest BCUT2D eigenvalue weighted by Crippen LogP contribution is 2.22. The van der Waals surface area contributed by atoms with E-state index in [-0.39, 0.29) is 12.6 Å². The first-order valence-corrected chi connectivity index (χ1v) is 6.34. The van der Waals surface area contributed by atoms with Crippen LogP contribution in [0.15, 0.2) is 30.3 Å². The molecule has 1 heterocycles. The summed E-state index contributed by atoms with van der Waals surface area (Å²) in [6, 6.07) is 8.82. The second-order valence-corrected chi connectivity index (χ2v) is 4.63. The number of benzene rings is 1. The van der Waals surface area contributed by atoms with Crippen LogP contribution in [-0.4, -0.2) is 47.9 Å². The zero-order valence-corrected chi connectivity index (χ0v) is 11.2. The zero-order chi connectivity index (χ0) is 14.5. The van der Waals surface area contributed by atoms with Crippen LogP contribution in [0, 0.1) is 0 Å². The van der Waals surface area contributed by atoms with E-state index in [1.165, 1.54) is 7.11 Å². The van der Waals surface area contributed by atoms with Crippen LogP contribution in [0.1, 0.15) is 12.0 Å². The van der Waals surface area contributed by atoms with E-state index in [1.807, 2.05) is 30.3 Å². The fraction of sp³-hybridized carbons (Fsp3) is 0.429. The predicted octanol–water partition coefficient (Wildman–Crippen LogP) is 1.50. The number of carbonyl (C=O) groups excluding carboxylic acids is 1. The highest BCUT2D eigenvalue weighted by molar-refractivity contribution is 5.81. The average Bonchev–Trinajstić information content (AvgIpc) is 2.90. The van der Waals surface area contributed by atoms with E-state index in [1.54, 1.807) is 0 Å². The lowest BCUT2D eigenvalue weighted by Crippen LogP contribution is -2.40. The summed E-state index contributed by atoms with van der Waals surface area (Å²) in [5.41, 5.74) is 1.01. The molecule has 108 valence electrons. The molecule has 1 fully saturated rings. The largest absolute Gasteiger partial charge is 0.467 e. The maximum atomic E-state index is 11.6. The molecule has 1 amide bonds. The average molecular weight is 279 g/mol. The van der Waals surface area contributed by atoms with Gasteiger partial charge in [-0.2, -0.15) is 0 Å². The molecule has 0 radical (unpaired) electrons. The molecule has 0 aliphatic carbocycles. The SMILES string of the molecule is COC(=O)C1CC(OCc2ccccc2)CN1C(=O)O. The number of carbonyl (C=O) groups is 2. The van der Waals surface area contributed by atoms with Crippen LogP contribution in [0.25, 0.3) is 0 Å². The maximum Gasteiger partial charge on any atom is 0.408 e. The van der Waals surface area contributed by atoms with Crippen LogP contribution in [0.3, 0.4) is 0 Å². The Balaban J connectivity index is 1.94. The minimum atomic E-state index is -1.13. The van der Waals surface area contributed by atoms with Crippen molar-refractivity contribution in [1.82, 2.24) is 4.90 Å². The van der Waals surface area contributed by atoms with Crippen LogP contribution >= 0.6 is 0 Å². The normalized spacial score (nSPS) is 21.8. The number of likely N-dealkylation sites (tertiary alicyclic amines) is 1. The standard InChI is InChI=1S/C14H17NO5/c1-19-13(16)12-7-11(8-15(12)14(17)18)20-9-10-5-3-2-4-6-10/h2-6,11-12H,7-9H2,1H3,(H,17,18). The Morgan fingerprint density at radius 3 is 2.65 bits per heavy atom. The summed E-state index contributed by atoms with van der Waals surface area (Å²) < 4.78 is 10.3. The third kappa shape index (κ3) is 3.27. The Morgan fingerprint density at radius 1 is 1.35 bits per heavy atom. The van der Waals surface area contributed by atoms with Crippen molar-refractivity contribution < 1.29 is 24.2 Å². The van der Waals surface area contributed by atoms with Crippen molar-refractivity contribution in [3.63, 3.8) is 0 Å². The van der Waals surface area contributed by atoms with Gasteiger partial charge in [-0.3, -0.25) is 4.90 Å². The molecule has 1 aromatic rings. The van der Waals surface area contributed by atoms with E-state index in [2.05, 4.69) is 4.74 Å². The molecule has 2 unspecified atom stereocenters. The molecule has 1 saturated heterocycles. The molecule has 2 rings (SSSR count). The van der Waals surface area contributed by atoms with Crippen LogP contribution in [0.4, 0.5) is 4.79 Å². The Labute approximate surface area is 116 Å². The summed E-state index contributed by atoms with van der Waals surface area (Å²) in [6.45, 7) is 0.578. The lowest BCUT2D eigenvalue weighted by Gasteiger charge is -2.18. The highest BCUT2D eigenvalue weighted by Gasteiger charge is 2.40. The smallest absolute Gasteiger partial charge is 0.408 e. The Hall–Kier alpha value is -2.08. The lowest BCUT2D eigenvalue weighted by molar-refractivity contribution is -0.145. The van der Waals surface area contributed by atoms with Crippen molar-refractivity contribution in [2.24, 2.45) is 0 Å². The maximum absolute atomic E-state index is 11.6. The van der Waals surface area contributed by atoms with Crippen molar-refractivity contribution in [1.29, 1.82) is 0 Å². The summed E-state index contributed by atoms with van der Waals surface area (Å²) in [4.78, 5) is 23.8. The summed E-state index contributed by atoms with van der Waals surface area (Å²) >= 11 is 0. The molecule has 20 heavy (non-hydrogen) atoms. The van der Waals surface area contributed by atoms with Gasteiger partial charge in [-0.05, 0) is 5.56 Å². The molecule has 6 heteroatoms. The van der Waals surface area contributed by atoms with Crippen molar-refractivity contribution in [3.05, 3.63) is 35.9 Å². The molecule has 0 saturated carbocycles. The molecule has 1 aliphatic heterocycles. The van der Waals surface area contributed by atoms with E-state index in [0.717, 1.165) is 10.5 Å². The first-order valence-electron chi connectivity index (χ1n) is 6.34. The number of carboxylic acid groups (broad SMARTS) is 1. The van der Waals surface area contributed by atoms with Crippen molar-refractivity contribution in [2.45, 2.75) is 25.2 Å². The first kappa shape index (κ1) is 14.3.